The molecule has 0 saturated carbocycles. The summed E-state index contributed by atoms with van der Waals surface area (Å²) >= 11 is 0. The lowest BCUT2D eigenvalue weighted by atomic mass is 10.0. The standard InChI is InChI=1S/C29H32F4O2/c1-3-4-5-6-7-8-9-10-22-13-17-24(18-14-22)35-29(32,33)27-25(30)19-20-26(28(27)31)34-23-15-11-21(2)12-16-23/h11-20H,3-10H2,1-2H3. The van der Waals surface area contributed by atoms with E-state index in [1.54, 1.807) is 36.4 Å². The molecule has 0 aliphatic heterocycles. The Kier molecular flexibility index (Phi) is 9.58. The summed E-state index contributed by atoms with van der Waals surface area (Å²) < 4.78 is 69.0. The van der Waals surface area contributed by atoms with Crippen LogP contribution in [0.1, 0.15) is 68.6 Å². The first-order chi connectivity index (χ1) is 16.8. The first kappa shape index (κ1) is 26.6. The summed E-state index contributed by atoms with van der Waals surface area (Å²) in [6.45, 7) is 4.05. The molecule has 0 aromatic heterocycles. The van der Waals surface area contributed by atoms with E-state index in [0.717, 1.165) is 42.5 Å². The minimum absolute atomic E-state index is 0.179. The first-order valence-electron chi connectivity index (χ1n) is 12.2. The van der Waals surface area contributed by atoms with Crippen LogP contribution in [-0.4, -0.2) is 0 Å². The molecule has 188 valence electrons. The molecule has 0 aliphatic rings. The minimum Gasteiger partial charge on any atom is -0.454 e. The van der Waals surface area contributed by atoms with Gasteiger partial charge in [-0.1, -0.05) is 75.3 Å². The number of rotatable bonds is 13. The Bertz CT molecular complexity index is 1060. The van der Waals surface area contributed by atoms with Crippen molar-refractivity contribution in [1.29, 1.82) is 0 Å². The zero-order chi connectivity index (χ0) is 25.3. The molecule has 0 amide bonds. The third-order valence-electron chi connectivity index (χ3n) is 5.83. The molecule has 2 nitrogen and oxygen atoms in total. The van der Waals surface area contributed by atoms with E-state index in [9.17, 15) is 17.6 Å². The average Bonchev–Trinajstić information content (AvgIpc) is 2.82. The van der Waals surface area contributed by atoms with Gasteiger partial charge in [0.2, 0.25) is 0 Å². The summed E-state index contributed by atoms with van der Waals surface area (Å²) in [5.41, 5.74) is 0.459. The van der Waals surface area contributed by atoms with Crippen molar-refractivity contribution in [1.82, 2.24) is 0 Å². The molecule has 0 atom stereocenters. The molecular formula is C29H32F4O2. The molecule has 3 aromatic carbocycles. The van der Waals surface area contributed by atoms with E-state index in [-0.39, 0.29) is 11.5 Å². The van der Waals surface area contributed by atoms with Gasteiger partial charge in [-0.25, -0.2) is 8.78 Å². The van der Waals surface area contributed by atoms with Gasteiger partial charge in [-0.15, -0.1) is 0 Å². The van der Waals surface area contributed by atoms with Crippen molar-refractivity contribution >= 4 is 0 Å². The lowest BCUT2D eigenvalue weighted by Crippen LogP contribution is -2.25. The van der Waals surface area contributed by atoms with Gasteiger partial charge in [-0.2, -0.15) is 8.78 Å². The van der Waals surface area contributed by atoms with Crippen LogP contribution in [0.15, 0.2) is 60.7 Å². The van der Waals surface area contributed by atoms with Gasteiger partial charge in [0, 0.05) is 0 Å². The van der Waals surface area contributed by atoms with Crippen LogP contribution in [0.4, 0.5) is 17.6 Å². The summed E-state index contributed by atoms with van der Waals surface area (Å²) in [4.78, 5) is 0. The fraction of sp³-hybridized carbons (Fsp3) is 0.379. The van der Waals surface area contributed by atoms with Crippen LogP contribution in [0.3, 0.4) is 0 Å². The summed E-state index contributed by atoms with van der Waals surface area (Å²) in [5.74, 6) is -3.38. The topological polar surface area (TPSA) is 18.5 Å². The first-order valence-corrected chi connectivity index (χ1v) is 12.2. The normalized spacial score (nSPS) is 11.5. The van der Waals surface area contributed by atoms with Crippen LogP contribution >= 0.6 is 0 Å². The highest BCUT2D eigenvalue weighted by Gasteiger charge is 2.42. The van der Waals surface area contributed by atoms with Crippen LogP contribution < -0.4 is 9.47 Å². The van der Waals surface area contributed by atoms with Crippen LogP contribution in [0, 0.1) is 18.6 Å². The Labute approximate surface area is 204 Å². The van der Waals surface area contributed by atoms with Crippen LogP contribution in [-0.2, 0) is 12.5 Å². The van der Waals surface area contributed by atoms with Gasteiger partial charge in [0.1, 0.15) is 22.9 Å². The highest BCUT2D eigenvalue weighted by atomic mass is 19.3. The molecular weight excluding hydrogens is 456 g/mol. The third kappa shape index (κ3) is 7.74. The average molecular weight is 489 g/mol. The third-order valence-corrected chi connectivity index (χ3v) is 5.83. The summed E-state index contributed by atoms with van der Waals surface area (Å²) in [7, 11) is 0. The Morgan fingerprint density at radius 1 is 0.714 bits per heavy atom. The van der Waals surface area contributed by atoms with Gasteiger partial charge in [0.25, 0.3) is 0 Å². The quantitative estimate of drug-likeness (QED) is 0.176. The van der Waals surface area contributed by atoms with E-state index in [2.05, 4.69) is 6.92 Å². The Morgan fingerprint density at radius 3 is 1.97 bits per heavy atom. The van der Waals surface area contributed by atoms with Crippen LogP contribution in [0.5, 0.6) is 17.2 Å². The SMILES string of the molecule is CCCCCCCCCc1ccc(OC(F)(F)c2c(F)ccc(Oc3ccc(C)cc3)c2F)cc1. The van der Waals surface area contributed by atoms with Gasteiger partial charge in [0.05, 0.1) is 0 Å². The van der Waals surface area contributed by atoms with Gasteiger partial charge >= 0.3 is 6.11 Å². The van der Waals surface area contributed by atoms with Crippen molar-refractivity contribution in [3.63, 3.8) is 0 Å². The molecule has 0 N–H and O–H groups in total. The maximum atomic E-state index is 14.9. The van der Waals surface area contributed by atoms with Gasteiger partial charge in [-0.3, -0.25) is 0 Å². The molecule has 0 fully saturated rings. The van der Waals surface area contributed by atoms with Crippen molar-refractivity contribution in [2.24, 2.45) is 0 Å². The predicted octanol–water partition coefficient (Wildman–Crippen LogP) is 9.49. The number of alkyl halides is 2. The summed E-state index contributed by atoms with van der Waals surface area (Å²) in [6, 6.07) is 14.5. The maximum Gasteiger partial charge on any atom is 0.432 e. The number of unbranched alkanes of at least 4 members (excludes halogenated alkanes) is 6. The Balaban J connectivity index is 1.63. The van der Waals surface area contributed by atoms with Crippen molar-refractivity contribution in [3.05, 3.63) is 89.0 Å². The molecule has 0 spiro atoms. The fourth-order valence-electron chi connectivity index (χ4n) is 3.82. The number of aryl methyl sites for hydroxylation is 2. The van der Waals surface area contributed by atoms with Crippen LogP contribution in [0.25, 0.3) is 0 Å². The van der Waals surface area contributed by atoms with Gasteiger partial charge in [-0.05, 0) is 61.7 Å². The lowest BCUT2D eigenvalue weighted by Gasteiger charge is -2.20. The maximum absolute atomic E-state index is 14.9. The molecule has 0 aliphatic carbocycles. The van der Waals surface area contributed by atoms with Crippen molar-refractivity contribution in [2.45, 2.75) is 71.3 Å². The number of hydrogen-bond acceptors (Lipinski definition) is 2. The second-order valence-electron chi connectivity index (χ2n) is 8.78. The van der Waals surface area contributed by atoms with E-state index >= 15 is 0 Å². The minimum atomic E-state index is -4.24. The highest BCUT2D eigenvalue weighted by molar-refractivity contribution is 5.39. The van der Waals surface area contributed by atoms with Gasteiger partial charge in [0.15, 0.2) is 11.6 Å². The van der Waals surface area contributed by atoms with E-state index in [4.69, 9.17) is 9.47 Å². The largest absolute Gasteiger partial charge is 0.454 e. The second kappa shape index (κ2) is 12.6. The highest BCUT2D eigenvalue weighted by Crippen LogP contribution is 2.39. The molecule has 35 heavy (non-hydrogen) atoms. The van der Waals surface area contributed by atoms with Crippen molar-refractivity contribution < 1.29 is 27.0 Å². The van der Waals surface area contributed by atoms with E-state index in [0.29, 0.717) is 0 Å². The van der Waals surface area contributed by atoms with E-state index < -0.39 is 29.1 Å². The Hall–Kier alpha value is -3.02. The number of benzene rings is 3. The predicted molar refractivity (Wildman–Crippen MR) is 130 cm³/mol. The molecule has 0 radical (unpaired) electrons. The molecule has 0 unspecified atom stereocenters. The van der Waals surface area contributed by atoms with Gasteiger partial charge < -0.3 is 9.47 Å². The molecule has 3 aromatic rings. The van der Waals surface area contributed by atoms with Crippen molar-refractivity contribution in [2.75, 3.05) is 0 Å². The monoisotopic (exact) mass is 488 g/mol. The lowest BCUT2D eigenvalue weighted by molar-refractivity contribution is -0.189. The number of hydrogen-bond donors (Lipinski definition) is 0. The zero-order valence-electron chi connectivity index (χ0n) is 20.3. The summed E-state index contributed by atoms with van der Waals surface area (Å²) in [6.07, 6.45) is 4.93. The molecule has 3 rings (SSSR count). The number of halogens is 4. The molecule has 0 heterocycles. The summed E-state index contributed by atoms with van der Waals surface area (Å²) in [5, 5.41) is 0. The Morgan fingerprint density at radius 2 is 1.31 bits per heavy atom. The zero-order valence-corrected chi connectivity index (χ0v) is 20.3. The van der Waals surface area contributed by atoms with Crippen LogP contribution in [0.2, 0.25) is 0 Å². The van der Waals surface area contributed by atoms with E-state index in [1.165, 1.54) is 44.2 Å². The second-order valence-corrected chi connectivity index (χ2v) is 8.78. The van der Waals surface area contributed by atoms with Crippen molar-refractivity contribution in [3.8, 4) is 17.2 Å². The van der Waals surface area contributed by atoms with E-state index in [1.807, 2.05) is 6.92 Å². The molecule has 0 saturated heterocycles. The molecule has 6 heteroatoms. The smallest absolute Gasteiger partial charge is 0.432 e. The number of ether oxygens (including phenoxy) is 2. The fourth-order valence-corrected chi connectivity index (χ4v) is 3.82. The molecule has 0 bridgehead atoms.